The van der Waals surface area contributed by atoms with E-state index in [4.69, 9.17) is 0 Å². The standard InChI is InChI=1S/C32H30F6N8O2/c1-21(31(48,17-44-19-39-18-40-44)26-8-6-24(33)14-27(26)34)42-10-12-43(13-11-42)29-9-7-25(15-28(29)35)45-20-41-46(30(45)47)16-22-2-4-23(5-3-22)32(36,37)38/h2-9,14-15,18-21,48H,10-13,16-17H2,1H3. The Balaban J connectivity index is 1.14. The van der Waals surface area contributed by atoms with Crippen molar-refractivity contribution in [3.05, 3.63) is 124 Å². The molecule has 2 aromatic heterocycles. The number of rotatable bonds is 9. The van der Waals surface area contributed by atoms with E-state index in [0.29, 0.717) is 37.4 Å². The summed E-state index contributed by atoms with van der Waals surface area (Å²) in [6, 6.07) is 11.0. The van der Waals surface area contributed by atoms with E-state index in [1.807, 2.05) is 9.80 Å². The Hall–Kier alpha value is -4.96. The number of alkyl halides is 3. The molecule has 0 spiro atoms. The van der Waals surface area contributed by atoms with Gasteiger partial charge in [-0.2, -0.15) is 23.4 Å². The molecular formula is C32H30F6N8O2. The van der Waals surface area contributed by atoms with E-state index in [2.05, 4.69) is 15.2 Å². The van der Waals surface area contributed by atoms with Gasteiger partial charge >= 0.3 is 11.9 Å². The van der Waals surface area contributed by atoms with Gasteiger partial charge in [-0.3, -0.25) is 4.90 Å². The van der Waals surface area contributed by atoms with Crippen molar-refractivity contribution in [1.29, 1.82) is 0 Å². The molecule has 2 atom stereocenters. The van der Waals surface area contributed by atoms with Gasteiger partial charge in [0.25, 0.3) is 0 Å². The highest BCUT2D eigenvalue weighted by molar-refractivity contribution is 5.53. The van der Waals surface area contributed by atoms with Crippen LogP contribution in [0.5, 0.6) is 0 Å². The van der Waals surface area contributed by atoms with Crippen molar-refractivity contribution in [1.82, 2.24) is 34.0 Å². The molecule has 0 radical (unpaired) electrons. The molecule has 0 saturated carbocycles. The molecule has 0 bridgehead atoms. The van der Waals surface area contributed by atoms with Crippen LogP contribution in [0.25, 0.3) is 5.69 Å². The van der Waals surface area contributed by atoms with Crippen molar-refractivity contribution in [3.63, 3.8) is 0 Å². The second-order valence-corrected chi connectivity index (χ2v) is 11.6. The zero-order valence-electron chi connectivity index (χ0n) is 25.5. The molecule has 1 N–H and O–H groups in total. The lowest BCUT2D eigenvalue weighted by Crippen LogP contribution is -2.57. The third-order valence-electron chi connectivity index (χ3n) is 8.72. The number of aliphatic hydroxyl groups is 1. The summed E-state index contributed by atoms with van der Waals surface area (Å²) in [5.74, 6) is -2.26. The molecule has 0 amide bonds. The summed E-state index contributed by atoms with van der Waals surface area (Å²) in [6.07, 6.45) is -0.584. The number of aromatic nitrogens is 6. The van der Waals surface area contributed by atoms with Crippen LogP contribution in [-0.4, -0.2) is 71.3 Å². The van der Waals surface area contributed by atoms with Crippen molar-refractivity contribution in [3.8, 4) is 5.69 Å². The Labute approximate surface area is 270 Å². The zero-order chi connectivity index (χ0) is 34.2. The molecule has 3 aromatic carbocycles. The van der Waals surface area contributed by atoms with Crippen molar-refractivity contribution < 1.29 is 31.4 Å². The predicted molar refractivity (Wildman–Crippen MR) is 162 cm³/mol. The summed E-state index contributed by atoms with van der Waals surface area (Å²) in [5, 5.41) is 20.0. The van der Waals surface area contributed by atoms with Crippen LogP contribution >= 0.6 is 0 Å². The van der Waals surface area contributed by atoms with E-state index in [9.17, 15) is 31.9 Å². The minimum absolute atomic E-state index is 0.0744. The maximum absolute atomic E-state index is 15.5. The minimum atomic E-state index is -4.48. The van der Waals surface area contributed by atoms with Crippen LogP contribution in [0.4, 0.5) is 32.0 Å². The highest BCUT2D eigenvalue weighted by atomic mass is 19.4. The van der Waals surface area contributed by atoms with E-state index in [1.54, 1.807) is 19.1 Å². The number of hydrogen-bond donors (Lipinski definition) is 1. The van der Waals surface area contributed by atoms with Crippen LogP contribution in [0.2, 0.25) is 0 Å². The molecule has 6 rings (SSSR count). The first-order valence-electron chi connectivity index (χ1n) is 14.9. The molecule has 1 aliphatic heterocycles. The molecular weight excluding hydrogens is 642 g/mol. The van der Waals surface area contributed by atoms with Crippen LogP contribution in [0, 0.1) is 17.5 Å². The highest BCUT2D eigenvalue weighted by Crippen LogP contribution is 2.34. The van der Waals surface area contributed by atoms with Gasteiger partial charge in [-0.05, 0) is 42.8 Å². The van der Waals surface area contributed by atoms with Gasteiger partial charge in [-0.1, -0.05) is 18.2 Å². The van der Waals surface area contributed by atoms with E-state index >= 15 is 4.39 Å². The second-order valence-electron chi connectivity index (χ2n) is 11.6. The quantitative estimate of drug-likeness (QED) is 0.235. The molecule has 0 aliphatic carbocycles. The fourth-order valence-electron chi connectivity index (χ4n) is 5.99. The average molecular weight is 673 g/mol. The third kappa shape index (κ3) is 6.57. The van der Waals surface area contributed by atoms with Crippen LogP contribution in [0.3, 0.4) is 0 Å². The van der Waals surface area contributed by atoms with Gasteiger partial charge in [0.05, 0.1) is 30.0 Å². The summed E-state index contributed by atoms with van der Waals surface area (Å²) < 4.78 is 86.4. The first-order valence-corrected chi connectivity index (χ1v) is 14.9. The molecule has 252 valence electrons. The van der Waals surface area contributed by atoms with Gasteiger partial charge in [0, 0.05) is 49.9 Å². The van der Waals surface area contributed by atoms with Gasteiger partial charge in [-0.15, -0.1) is 0 Å². The largest absolute Gasteiger partial charge is 0.416 e. The molecule has 1 aliphatic rings. The zero-order valence-corrected chi connectivity index (χ0v) is 25.5. The molecule has 16 heteroatoms. The van der Waals surface area contributed by atoms with Crippen molar-refractivity contribution in [2.45, 2.75) is 37.8 Å². The predicted octanol–water partition coefficient (Wildman–Crippen LogP) is 4.21. The molecule has 5 aromatic rings. The molecule has 10 nitrogen and oxygen atoms in total. The van der Waals surface area contributed by atoms with E-state index in [0.717, 1.165) is 33.5 Å². The lowest BCUT2D eigenvalue weighted by Gasteiger charge is -2.45. The monoisotopic (exact) mass is 672 g/mol. The maximum atomic E-state index is 15.5. The Morgan fingerprint density at radius 3 is 2.23 bits per heavy atom. The Kier molecular flexibility index (Phi) is 8.87. The summed E-state index contributed by atoms with van der Waals surface area (Å²) >= 11 is 0. The van der Waals surface area contributed by atoms with E-state index in [1.165, 1.54) is 47.9 Å². The Morgan fingerprint density at radius 1 is 0.875 bits per heavy atom. The molecule has 1 saturated heterocycles. The first-order chi connectivity index (χ1) is 22.8. The highest BCUT2D eigenvalue weighted by Gasteiger charge is 2.43. The van der Waals surface area contributed by atoms with Gasteiger partial charge in [0.1, 0.15) is 42.0 Å². The number of nitrogens with zero attached hydrogens (tertiary/aromatic N) is 8. The maximum Gasteiger partial charge on any atom is 0.416 e. The second kappa shape index (κ2) is 12.9. The van der Waals surface area contributed by atoms with Crippen LogP contribution < -0.4 is 10.6 Å². The van der Waals surface area contributed by atoms with E-state index < -0.39 is 46.5 Å². The number of hydrogen-bond acceptors (Lipinski definition) is 7. The minimum Gasteiger partial charge on any atom is -0.381 e. The van der Waals surface area contributed by atoms with Crippen LogP contribution in [-0.2, 0) is 24.9 Å². The molecule has 48 heavy (non-hydrogen) atoms. The van der Waals surface area contributed by atoms with Crippen molar-refractivity contribution >= 4 is 5.69 Å². The number of piperazine rings is 1. The number of anilines is 1. The van der Waals surface area contributed by atoms with Crippen LogP contribution in [0.1, 0.15) is 23.6 Å². The summed E-state index contributed by atoms with van der Waals surface area (Å²) in [5.41, 5.74) is -2.37. The van der Waals surface area contributed by atoms with Gasteiger partial charge in [-0.25, -0.2) is 36.9 Å². The number of halogens is 6. The normalized spacial score (nSPS) is 16.2. The summed E-state index contributed by atoms with van der Waals surface area (Å²) in [6.45, 7) is 2.98. The fourth-order valence-corrected chi connectivity index (χ4v) is 5.99. The molecule has 2 unspecified atom stereocenters. The Bertz CT molecular complexity index is 1940. The van der Waals surface area contributed by atoms with Gasteiger partial charge < -0.3 is 10.0 Å². The SMILES string of the molecule is CC(N1CCN(c2ccc(-n3cnn(Cc4ccc(C(F)(F)F)cc4)c3=O)cc2F)CC1)C(O)(Cn1cncn1)c1ccc(F)cc1F. The third-order valence-corrected chi connectivity index (χ3v) is 8.72. The summed E-state index contributed by atoms with van der Waals surface area (Å²) in [7, 11) is 0. The molecule has 3 heterocycles. The van der Waals surface area contributed by atoms with Crippen LogP contribution in [0.15, 0.2) is 84.4 Å². The van der Waals surface area contributed by atoms with Gasteiger partial charge in [0.2, 0.25) is 0 Å². The lowest BCUT2D eigenvalue weighted by molar-refractivity contribution is -0.137. The lowest BCUT2D eigenvalue weighted by atomic mass is 9.85. The van der Waals surface area contributed by atoms with Crippen molar-refractivity contribution in [2.75, 3.05) is 31.1 Å². The molecule has 1 fully saturated rings. The smallest absolute Gasteiger partial charge is 0.381 e. The topological polar surface area (TPSA) is 97.2 Å². The van der Waals surface area contributed by atoms with Crippen molar-refractivity contribution in [2.24, 2.45) is 0 Å². The number of benzene rings is 3. The summed E-state index contributed by atoms with van der Waals surface area (Å²) in [4.78, 5) is 20.6. The first kappa shape index (κ1) is 33.0. The fraction of sp³-hybridized carbons (Fsp3) is 0.312. The van der Waals surface area contributed by atoms with E-state index in [-0.39, 0.29) is 24.3 Å². The van der Waals surface area contributed by atoms with Gasteiger partial charge in [0.15, 0.2) is 0 Å². The average Bonchev–Trinajstić information content (AvgIpc) is 3.69. The Morgan fingerprint density at radius 2 is 1.60 bits per heavy atom.